The molecule has 0 spiro atoms. The second kappa shape index (κ2) is 8.50. The van der Waals surface area contributed by atoms with Crippen LogP contribution in [0.25, 0.3) is 10.6 Å². The van der Waals surface area contributed by atoms with Crippen molar-refractivity contribution in [3.8, 4) is 10.6 Å². The number of carbonyl (C=O) groups is 1. The number of nitrogens with zero attached hydrogens (tertiary/aromatic N) is 2. The number of thiazole rings is 1. The maximum absolute atomic E-state index is 12.5. The van der Waals surface area contributed by atoms with E-state index >= 15 is 0 Å². The molecule has 1 fully saturated rings. The minimum Gasteiger partial charge on any atom is -0.468 e. The van der Waals surface area contributed by atoms with Gasteiger partial charge in [0.25, 0.3) is 0 Å². The summed E-state index contributed by atoms with van der Waals surface area (Å²) in [5.41, 5.74) is 1.90. The molecule has 0 saturated carbocycles. The average molecular weight is 382 g/mol. The van der Waals surface area contributed by atoms with Crippen LogP contribution in [0, 0.1) is 0 Å². The highest BCUT2D eigenvalue weighted by atomic mass is 32.1. The van der Waals surface area contributed by atoms with E-state index in [1.807, 2.05) is 47.8 Å². The SMILES string of the molecule is O=C(Cc1csc(-c2ccccc2)n1)NCC(c1ccco1)N1CCCC1. The van der Waals surface area contributed by atoms with Gasteiger partial charge in [-0.15, -0.1) is 11.3 Å². The van der Waals surface area contributed by atoms with Crippen molar-refractivity contribution >= 4 is 17.2 Å². The molecule has 1 saturated heterocycles. The van der Waals surface area contributed by atoms with Gasteiger partial charge in [0.1, 0.15) is 10.8 Å². The van der Waals surface area contributed by atoms with E-state index in [1.165, 1.54) is 12.8 Å². The van der Waals surface area contributed by atoms with Crippen molar-refractivity contribution in [3.63, 3.8) is 0 Å². The fraction of sp³-hybridized carbons (Fsp3) is 0.333. The lowest BCUT2D eigenvalue weighted by Crippen LogP contribution is -2.37. The third kappa shape index (κ3) is 4.46. The van der Waals surface area contributed by atoms with Crippen LogP contribution in [0.1, 0.15) is 30.3 Å². The predicted octanol–water partition coefficient (Wildman–Crippen LogP) is 3.90. The number of furan rings is 1. The number of rotatable bonds is 7. The first kappa shape index (κ1) is 17.9. The molecule has 4 rings (SSSR count). The molecule has 1 aliphatic heterocycles. The zero-order valence-electron chi connectivity index (χ0n) is 15.1. The van der Waals surface area contributed by atoms with Crippen LogP contribution in [0.4, 0.5) is 0 Å². The molecule has 27 heavy (non-hydrogen) atoms. The first-order valence-electron chi connectivity index (χ1n) is 9.33. The Bertz CT molecular complexity index is 855. The van der Waals surface area contributed by atoms with Crippen molar-refractivity contribution in [2.45, 2.75) is 25.3 Å². The highest BCUT2D eigenvalue weighted by molar-refractivity contribution is 7.13. The quantitative estimate of drug-likeness (QED) is 0.674. The van der Waals surface area contributed by atoms with Crippen molar-refractivity contribution in [1.29, 1.82) is 0 Å². The molecule has 0 bridgehead atoms. The molecule has 5 nitrogen and oxygen atoms in total. The van der Waals surface area contributed by atoms with Gasteiger partial charge in [-0.25, -0.2) is 4.98 Å². The van der Waals surface area contributed by atoms with Gasteiger partial charge in [0.05, 0.1) is 24.4 Å². The Morgan fingerprint density at radius 2 is 2.00 bits per heavy atom. The summed E-state index contributed by atoms with van der Waals surface area (Å²) in [5, 5.41) is 5.98. The van der Waals surface area contributed by atoms with Crippen LogP contribution >= 0.6 is 11.3 Å². The van der Waals surface area contributed by atoms with E-state index in [0.29, 0.717) is 13.0 Å². The van der Waals surface area contributed by atoms with Gasteiger partial charge in [-0.1, -0.05) is 30.3 Å². The summed E-state index contributed by atoms with van der Waals surface area (Å²) < 4.78 is 5.61. The van der Waals surface area contributed by atoms with Crippen LogP contribution in [0.15, 0.2) is 58.5 Å². The minimum absolute atomic E-state index is 0.00401. The topological polar surface area (TPSA) is 58.4 Å². The molecule has 3 heterocycles. The van der Waals surface area contributed by atoms with Gasteiger partial charge < -0.3 is 9.73 Å². The summed E-state index contributed by atoms with van der Waals surface area (Å²) in [7, 11) is 0. The highest BCUT2D eigenvalue weighted by Gasteiger charge is 2.26. The van der Waals surface area contributed by atoms with Crippen LogP contribution < -0.4 is 5.32 Å². The number of hydrogen-bond acceptors (Lipinski definition) is 5. The van der Waals surface area contributed by atoms with Gasteiger partial charge in [0.15, 0.2) is 0 Å². The Morgan fingerprint density at radius 1 is 1.19 bits per heavy atom. The predicted molar refractivity (Wildman–Crippen MR) is 107 cm³/mol. The van der Waals surface area contributed by atoms with Gasteiger partial charge >= 0.3 is 0 Å². The third-order valence-electron chi connectivity index (χ3n) is 4.86. The minimum atomic E-state index is -0.00401. The van der Waals surface area contributed by atoms with E-state index in [1.54, 1.807) is 17.6 Å². The lowest BCUT2D eigenvalue weighted by atomic mass is 10.2. The molecule has 1 atom stereocenters. The second-order valence-electron chi connectivity index (χ2n) is 6.77. The van der Waals surface area contributed by atoms with Crippen molar-refractivity contribution < 1.29 is 9.21 Å². The molecule has 1 aromatic carbocycles. The molecule has 1 aliphatic rings. The third-order valence-corrected chi connectivity index (χ3v) is 5.80. The number of aromatic nitrogens is 1. The monoisotopic (exact) mass is 381 g/mol. The lowest BCUT2D eigenvalue weighted by Gasteiger charge is -2.25. The number of hydrogen-bond donors (Lipinski definition) is 1. The van der Waals surface area contributed by atoms with Crippen molar-refractivity contribution in [3.05, 3.63) is 65.6 Å². The smallest absolute Gasteiger partial charge is 0.226 e. The van der Waals surface area contributed by atoms with Gasteiger partial charge in [0, 0.05) is 17.5 Å². The van der Waals surface area contributed by atoms with E-state index < -0.39 is 0 Å². The largest absolute Gasteiger partial charge is 0.468 e. The molecule has 2 aromatic heterocycles. The molecule has 140 valence electrons. The standard InChI is InChI=1S/C21H23N3O2S/c25-20(13-17-15-27-21(23-17)16-7-2-1-3-8-16)22-14-18(19-9-6-12-26-19)24-10-4-5-11-24/h1-3,6-9,12,15,18H,4-5,10-11,13-14H2,(H,22,25). The summed E-state index contributed by atoms with van der Waals surface area (Å²) in [6.07, 6.45) is 4.40. The summed E-state index contributed by atoms with van der Waals surface area (Å²) in [6, 6.07) is 14.0. The molecule has 6 heteroatoms. The number of benzene rings is 1. The number of nitrogens with one attached hydrogen (secondary N) is 1. The van der Waals surface area contributed by atoms with E-state index in [-0.39, 0.29) is 11.9 Å². The summed E-state index contributed by atoms with van der Waals surface area (Å²) in [4.78, 5) is 19.4. The van der Waals surface area contributed by atoms with Crippen LogP contribution in [0.5, 0.6) is 0 Å². The Balaban J connectivity index is 1.35. The Hall–Kier alpha value is -2.44. The summed E-state index contributed by atoms with van der Waals surface area (Å²) >= 11 is 1.57. The first-order chi connectivity index (χ1) is 13.3. The Labute approximate surface area is 163 Å². The molecular formula is C21H23N3O2S. The molecule has 1 unspecified atom stereocenters. The molecular weight excluding hydrogens is 358 g/mol. The maximum Gasteiger partial charge on any atom is 0.226 e. The summed E-state index contributed by atoms with van der Waals surface area (Å²) in [6.45, 7) is 2.66. The Morgan fingerprint density at radius 3 is 2.74 bits per heavy atom. The first-order valence-corrected chi connectivity index (χ1v) is 10.2. The number of amides is 1. The van der Waals surface area contributed by atoms with Gasteiger partial charge in [-0.2, -0.15) is 0 Å². The number of likely N-dealkylation sites (tertiary alicyclic amines) is 1. The fourth-order valence-electron chi connectivity index (χ4n) is 3.48. The zero-order valence-corrected chi connectivity index (χ0v) is 16.0. The van der Waals surface area contributed by atoms with Crippen molar-refractivity contribution in [2.24, 2.45) is 0 Å². The zero-order chi connectivity index (χ0) is 18.5. The van der Waals surface area contributed by atoms with Gasteiger partial charge in [0.2, 0.25) is 5.91 Å². The van der Waals surface area contributed by atoms with E-state index in [4.69, 9.17) is 4.42 Å². The normalized spacial score (nSPS) is 15.7. The van der Waals surface area contributed by atoms with Gasteiger partial charge in [-0.3, -0.25) is 9.69 Å². The Kier molecular flexibility index (Phi) is 5.65. The van der Waals surface area contributed by atoms with Crippen molar-refractivity contribution in [1.82, 2.24) is 15.2 Å². The molecule has 1 amide bonds. The molecule has 1 N–H and O–H groups in total. The van der Waals surface area contributed by atoms with Crippen LogP contribution in [-0.2, 0) is 11.2 Å². The van der Waals surface area contributed by atoms with E-state index in [0.717, 1.165) is 35.1 Å². The molecule has 3 aromatic rings. The second-order valence-corrected chi connectivity index (χ2v) is 7.62. The summed E-state index contributed by atoms with van der Waals surface area (Å²) in [5.74, 6) is 0.910. The molecule has 0 radical (unpaired) electrons. The van der Waals surface area contributed by atoms with Gasteiger partial charge in [-0.05, 0) is 38.1 Å². The van der Waals surface area contributed by atoms with E-state index in [2.05, 4.69) is 15.2 Å². The highest BCUT2D eigenvalue weighted by Crippen LogP contribution is 2.25. The van der Waals surface area contributed by atoms with Crippen LogP contribution in [0.2, 0.25) is 0 Å². The van der Waals surface area contributed by atoms with E-state index in [9.17, 15) is 4.79 Å². The maximum atomic E-state index is 12.5. The van der Waals surface area contributed by atoms with Crippen LogP contribution in [-0.4, -0.2) is 35.4 Å². The molecule has 0 aliphatic carbocycles. The van der Waals surface area contributed by atoms with Crippen LogP contribution in [0.3, 0.4) is 0 Å². The fourth-order valence-corrected chi connectivity index (χ4v) is 4.31. The van der Waals surface area contributed by atoms with Crippen molar-refractivity contribution in [2.75, 3.05) is 19.6 Å². The average Bonchev–Trinajstić information content (AvgIpc) is 3.46. The number of carbonyl (C=O) groups excluding carboxylic acids is 1. The lowest BCUT2D eigenvalue weighted by molar-refractivity contribution is -0.120.